The van der Waals surface area contributed by atoms with Gasteiger partial charge in [0.05, 0.1) is 10.9 Å². The van der Waals surface area contributed by atoms with Gasteiger partial charge < -0.3 is 16.0 Å². The van der Waals surface area contributed by atoms with Gasteiger partial charge in [-0.3, -0.25) is 14.0 Å². The average molecular weight is 515 g/mol. The molecule has 8 nitrogen and oxygen atoms in total. The molecule has 2 amide bonds. The molecule has 0 unspecified atom stereocenters. The first-order valence-corrected chi connectivity index (χ1v) is 13.2. The number of imidazole rings is 1. The molecule has 0 radical (unpaired) electrons. The number of hydrogen-bond donors (Lipinski definition) is 2. The minimum absolute atomic E-state index is 0.117. The van der Waals surface area contributed by atoms with Crippen molar-refractivity contribution in [2.24, 2.45) is 0 Å². The summed E-state index contributed by atoms with van der Waals surface area (Å²) in [6.07, 6.45) is 6.47. The molecule has 190 valence electrons. The van der Waals surface area contributed by atoms with Crippen LogP contribution in [0.25, 0.3) is 16.8 Å². The van der Waals surface area contributed by atoms with Crippen molar-refractivity contribution in [2.75, 3.05) is 17.6 Å². The summed E-state index contributed by atoms with van der Waals surface area (Å²) in [6, 6.07) is 7.64. The second-order valence-electron chi connectivity index (χ2n) is 9.62. The third kappa shape index (κ3) is 4.51. The number of aryl methyl sites for hydroxylation is 1. The van der Waals surface area contributed by atoms with Gasteiger partial charge in [-0.1, -0.05) is 26.5 Å². The molecule has 1 saturated heterocycles. The van der Waals surface area contributed by atoms with E-state index in [1.54, 1.807) is 11.1 Å². The monoisotopic (exact) mass is 514 g/mol. The molecule has 3 N–H and O–H groups in total. The third-order valence-corrected chi connectivity index (χ3v) is 7.79. The first-order valence-electron chi connectivity index (χ1n) is 12.3. The second-order valence-corrected chi connectivity index (χ2v) is 10.5. The van der Waals surface area contributed by atoms with E-state index in [1.165, 1.54) is 23.0 Å². The Morgan fingerprint density at radius 1 is 1.30 bits per heavy atom. The van der Waals surface area contributed by atoms with Crippen LogP contribution in [-0.2, 0) is 4.79 Å². The number of carbonyl (C=O) groups is 2. The molecular weight excluding hydrogens is 484 g/mol. The minimum Gasteiger partial charge on any atom is -0.382 e. The molecule has 4 heterocycles. The summed E-state index contributed by atoms with van der Waals surface area (Å²) in [5.41, 5.74) is 11.6. The lowest BCUT2D eigenvalue weighted by atomic mass is 9.98. The number of rotatable bonds is 6. The molecule has 1 aromatic carbocycles. The van der Waals surface area contributed by atoms with Gasteiger partial charge >= 0.3 is 0 Å². The van der Waals surface area contributed by atoms with Gasteiger partial charge in [-0.15, -0.1) is 11.3 Å². The third-order valence-electron chi connectivity index (χ3n) is 6.87. The average Bonchev–Trinajstić information content (AvgIpc) is 3.61. The molecule has 1 atom stereocenters. The molecule has 1 aliphatic heterocycles. The molecule has 1 fully saturated rings. The molecule has 4 aromatic rings. The summed E-state index contributed by atoms with van der Waals surface area (Å²) in [5.74, 6) is 1.20. The van der Waals surface area contributed by atoms with Crippen LogP contribution >= 0.6 is 11.3 Å². The number of fused-ring (bicyclic) bond motifs is 1. The van der Waals surface area contributed by atoms with Crippen molar-refractivity contribution in [1.29, 1.82) is 0 Å². The lowest BCUT2D eigenvalue weighted by Gasteiger charge is -2.22. The normalized spacial score (nSPS) is 15.5. The highest BCUT2D eigenvalue weighted by Gasteiger charge is 2.33. The number of carbonyl (C=O) groups excluding carboxylic acids is 2. The molecule has 5 rings (SSSR count). The van der Waals surface area contributed by atoms with E-state index in [2.05, 4.69) is 43.7 Å². The van der Waals surface area contributed by atoms with Crippen LogP contribution in [0.1, 0.15) is 65.3 Å². The van der Waals surface area contributed by atoms with Crippen LogP contribution in [0.5, 0.6) is 0 Å². The van der Waals surface area contributed by atoms with Crippen LogP contribution in [0, 0.1) is 6.92 Å². The van der Waals surface area contributed by atoms with E-state index in [0.717, 1.165) is 35.5 Å². The van der Waals surface area contributed by atoms with Gasteiger partial charge in [-0.25, -0.2) is 9.97 Å². The number of amides is 2. The van der Waals surface area contributed by atoms with Gasteiger partial charge in [0, 0.05) is 35.6 Å². The quantitative estimate of drug-likeness (QED) is 0.327. The topological polar surface area (TPSA) is 106 Å². The van der Waals surface area contributed by atoms with E-state index >= 15 is 0 Å². The van der Waals surface area contributed by atoms with Crippen LogP contribution in [-0.4, -0.2) is 37.6 Å². The maximum Gasteiger partial charge on any atom is 0.265 e. The molecule has 1 aliphatic rings. The SMILES string of the molecule is C=CC(=O)N1CCC[C@H]1c1nc(-c2csc(C(=O)Nc3ccc(C(C)C)c(C)c3)c2)c2c(N)nccn12. The maximum atomic E-state index is 13.1. The van der Waals surface area contributed by atoms with Gasteiger partial charge in [0.1, 0.15) is 22.9 Å². The van der Waals surface area contributed by atoms with E-state index in [0.29, 0.717) is 34.4 Å². The minimum atomic E-state index is -0.188. The van der Waals surface area contributed by atoms with Crippen LogP contribution < -0.4 is 11.1 Å². The Bertz CT molecular complexity index is 1520. The Labute approximate surface area is 219 Å². The van der Waals surface area contributed by atoms with E-state index in [1.807, 2.05) is 34.2 Å². The Kier molecular flexibility index (Phi) is 6.55. The fourth-order valence-corrected chi connectivity index (χ4v) is 5.90. The largest absolute Gasteiger partial charge is 0.382 e. The standard InChI is InChI=1S/C28H30N6O2S/c1-5-23(35)33-11-6-7-21(33)27-32-24(25-26(29)30-10-12-34(25)27)18-14-22(37-15-18)28(36)31-19-8-9-20(16(2)3)17(4)13-19/h5,8-10,12-16,21H,1,6-7,11H2,2-4H3,(H2,29,30)(H,31,36)/t21-/m0/s1. The highest BCUT2D eigenvalue weighted by Crippen LogP contribution is 2.37. The summed E-state index contributed by atoms with van der Waals surface area (Å²) in [7, 11) is 0. The zero-order valence-electron chi connectivity index (χ0n) is 21.2. The number of nitrogen functional groups attached to an aromatic ring is 1. The van der Waals surface area contributed by atoms with Gasteiger partial charge in [0.25, 0.3) is 5.91 Å². The number of nitrogens with zero attached hydrogens (tertiary/aromatic N) is 4. The highest BCUT2D eigenvalue weighted by molar-refractivity contribution is 7.12. The predicted molar refractivity (Wildman–Crippen MR) is 148 cm³/mol. The zero-order valence-corrected chi connectivity index (χ0v) is 22.0. The van der Waals surface area contributed by atoms with Crippen molar-refractivity contribution in [1.82, 2.24) is 19.3 Å². The Morgan fingerprint density at radius 2 is 2.11 bits per heavy atom. The van der Waals surface area contributed by atoms with Crippen molar-refractivity contribution in [2.45, 2.75) is 45.6 Å². The summed E-state index contributed by atoms with van der Waals surface area (Å²) >= 11 is 1.35. The second kappa shape index (κ2) is 9.82. The number of nitrogens with two attached hydrogens (primary N) is 1. The van der Waals surface area contributed by atoms with Crippen molar-refractivity contribution < 1.29 is 9.59 Å². The summed E-state index contributed by atoms with van der Waals surface area (Å²) < 4.78 is 1.91. The molecule has 0 bridgehead atoms. The first-order chi connectivity index (χ1) is 17.8. The number of nitrogens with one attached hydrogen (secondary N) is 1. The summed E-state index contributed by atoms with van der Waals surface area (Å²) in [5, 5.41) is 4.91. The zero-order chi connectivity index (χ0) is 26.3. The summed E-state index contributed by atoms with van der Waals surface area (Å²) in [4.78, 5) is 37.1. The predicted octanol–water partition coefficient (Wildman–Crippen LogP) is 5.57. The molecule has 3 aromatic heterocycles. The molecule has 0 aliphatic carbocycles. The van der Waals surface area contributed by atoms with Crippen molar-refractivity contribution in [3.63, 3.8) is 0 Å². The smallest absolute Gasteiger partial charge is 0.265 e. The van der Waals surface area contributed by atoms with Crippen LogP contribution in [0.2, 0.25) is 0 Å². The van der Waals surface area contributed by atoms with E-state index < -0.39 is 0 Å². The van der Waals surface area contributed by atoms with Gasteiger partial charge in [0.2, 0.25) is 5.91 Å². The van der Waals surface area contributed by atoms with Crippen LogP contribution in [0.15, 0.2) is 54.7 Å². The van der Waals surface area contributed by atoms with E-state index in [4.69, 9.17) is 10.7 Å². The summed E-state index contributed by atoms with van der Waals surface area (Å²) in [6.45, 7) is 10.7. The lowest BCUT2D eigenvalue weighted by molar-refractivity contribution is -0.127. The Balaban J connectivity index is 1.48. The van der Waals surface area contributed by atoms with Crippen molar-refractivity contribution in [3.05, 3.63) is 76.5 Å². The van der Waals surface area contributed by atoms with Gasteiger partial charge in [-0.2, -0.15) is 0 Å². The maximum absolute atomic E-state index is 13.1. The first kappa shape index (κ1) is 24.7. The number of anilines is 2. The Morgan fingerprint density at radius 3 is 2.84 bits per heavy atom. The number of benzene rings is 1. The lowest BCUT2D eigenvalue weighted by Crippen LogP contribution is -2.29. The number of likely N-dealkylation sites (tertiary alicyclic amines) is 1. The molecular formula is C28H30N6O2S. The van der Waals surface area contributed by atoms with Gasteiger partial charge in [0.15, 0.2) is 0 Å². The molecule has 0 spiro atoms. The highest BCUT2D eigenvalue weighted by atomic mass is 32.1. The van der Waals surface area contributed by atoms with Crippen molar-refractivity contribution >= 4 is 40.2 Å². The Hall–Kier alpha value is -3.98. The fraction of sp³-hybridized carbons (Fsp3) is 0.286. The number of thiophene rings is 1. The van der Waals surface area contributed by atoms with Gasteiger partial charge in [-0.05, 0) is 61.1 Å². The van der Waals surface area contributed by atoms with Crippen molar-refractivity contribution in [3.8, 4) is 11.3 Å². The molecule has 0 saturated carbocycles. The van der Waals surface area contributed by atoms with E-state index in [9.17, 15) is 9.59 Å². The molecule has 9 heteroatoms. The fourth-order valence-electron chi connectivity index (χ4n) is 5.11. The van der Waals surface area contributed by atoms with Crippen LogP contribution in [0.4, 0.5) is 11.5 Å². The number of aromatic nitrogens is 3. The number of hydrogen-bond acceptors (Lipinski definition) is 6. The van der Waals surface area contributed by atoms with Crippen LogP contribution in [0.3, 0.4) is 0 Å². The molecule has 37 heavy (non-hydrogen) atoms. The van der Waals surface area contributed by atoms with E-state index in [-0.39, 0.29) is 17.9 Å².